The lowest BCUT2D eigenvalue weighted by molar-refractivity contribution is -0.116. The molecule has 16 heavy (non-hydrogen) atoms. The number of morpholine rings is 1. The van der Waals surface area contributed by atoms with Crippen LogP contribution in [0.1, 0.15) is 25.8 Å². The Balaban J connectivity index is 2.33. The molecule has 1 fully saturated rings. The number of nitrogens with one attached hydrogen (secondary N) is 1. The quantitative estimate of drug-likeness (QED) is 0.802. The predicted octanol–water partition coefficient (Wildman–Crippen LogP) is 2.01. The van der Waals surface area contributed by atoms with Gasteiger partial charge in [0.1, 0.15) is 11.4 Å². The second kappa shape index (κ2) is 4.44. The Kier molecular flexibility index (Phi) is 3.17. The second-order valence-electron chi connectivity index (χ2n) is 4.46. The number of hydrogen-bond acceptors (Lipinski definition) is 3. The summed E-state index contributed by atoms with van der Waals surface area (Å²) in [6.45, 7) is 5.88. The van der Waals surface area contributed by atoms with E-state index in [2.05, 4.69) is 19.2 Å². The topological polar surface area (TPSA) is 41.5 Å². The van der Waals surface area contributed by atoms with E-state index >= 15 is 0 Å². The minimum absolute atomic E-state index is 0.205. The highest BCUT2D eigenvalue weighted by atomic mass is 16.5. The Morgan fingerprint density at radius 1 is 1.56 bits per heavy atom. The molecule has 2 rings (SSSR count). The van der Waals surface area contributed by atoms with Gasteiger partial charge in [-0.25, -0.2) is 0 Å². The first-order valence-electron chi connectivity index (χ1n) is 5.84. The average molecular weight is 221 g/mol. The van der Waals surface area contributed by atoms with Gasteiger partial charge in [-0.05, 0) is 31.0 Å². The van der Waals surface area contributed by atoms with Crippen LogP contribution in [0.5, 0.6) is 5.75 Å². The van der Waals surface area contributed by atoms with E-state index < -0.39 is 0 Å². The summed E-state index contributed by atoms with van der Waals surface area (Å²) in [4.78, 5) is 0. The Bertz CT molecular complexity index is 367. The van der Waals surface area contributed by atoms with Crippen molar-refractivity contribution in [2.24, 2.45) is 0 Å². The van der Waals surface area contributed by atoms with Gasteiger partial charge in [-0.15, -0.1) is 0 Å². The molecule has 0 spiro atoms. The van der Waals surface area contributed by atoms with Gasteiger partial charge in [0.15, 0.2) is 0 Å². The van der Waals surface area contributed by atoms with Crippen LogP contribution in [0.4, 0.5) is 0 Å². The normalized spacial score (nSPS) is 30.2. The third kappa shape index (κ3) is 2.06. The van der Waals surface area contributed by atoms with E-state index in [0.29, 0.717) is 5.75 Å². The van der Waals surface area contributed by atoms with E-state index in [1.54, 1.807) is 12.1 Å². The molecule has 88 valence electrons. The summed E-state index contributed by atoms with van der Waals surface area (Å²) in [5, 5.41) is 12.9. The molecule has 0 aromatic heterocycles. The van der Waals surface area contributed by atoms with Gasteiger partial charge < -0.3 is 15.2 Å². The van der Waals surface area contributed by atoms with Crippen LogP contribution < -0.4 is 5.32 Å². The molecular formula is C13H19NO2. The van der Waals surface area contributed by atoms with Crippen LogP contribution in [0.2, 0.25) is 0 Å². The van der Waals surface area contributed by atoms with Crippen molar-refractivity contribution in [3.05, 3.63) is 29.8 Å². The number of phenolic OH excluding ortho intramolecular Hbond substituents is 1. The molecule has 1 saturated heterocycles. The number of ether oxygens (including phenoxy) is 1. The van der Waals surface area contributed by atoms with Gasteiger partial charge in [0.25, 0.3) is 0 Å². The van der Waals surface area contributed by atoms with Gasteiger partial charge >= 0.3 is 0 Å². The number of aromatic hydroxyl groups is 1. The molecule has 1 aliphatic heterocycles. The maximum atomic E-state index is 9.54. The van der Waals surface area contributed by atoms with Gasteiger partial charge in [-0.1, -0.05) is 19.1 Å². The minimum atomic E-state index is -0.295. The van der Waals surface area contributed by atoms with E-state index in [1.807, 2.05) is 12.1 Å². The Morgan fingerprint density at radius 3 is 3.00 bits per heavy atom. The van der Waals surface area contributed by atoms with Crippen LogP contribution in [0.25, 0.3) is 0 Å². The summed E-state index contributed by atoms with van der Waals surface area (Å²) in [6.07, 6.45) is 1.10. The van der Waals surface area contributed by atoms with Gasteiger partial charge in [0.05, 0.1) is 6.10 Å². The summed E-state index contributed by atoms with van der Waals surface area (Å²) >= 11 is 0. The zero-order valence-corrected chi connectivity index (χ0v) is 9.86. The maximum Gasteiger partial charge on any atom is 0.115 e. The number of phenols is 1. The van der Waals surface area contributed by atoms with E-state index in [1.165, 1.54) is 0 Å². The number of rotatable bonds is 2. The van der Waals surface area contributed by atoms with Crippen molar-refractivity contribution in [3.63, 3.8) is 0 Å². The van der Waals surface area contributed by atoms with Gasteiger partial charge in [-0.2, -0.15) is 0 Å². The lowest BCUT2D eigenvalue weighted by Crippen LogP contribution is -2.50. The van der Waals surface area contributed by atoms with Crippen molar-refractivity contribution in [2.75, 3.05) is 13.1 Å². The SMILES string of the molecule is CCC1(c2cccc(O)c2)CNCC(C)O1. The first-order valence-corrected chi connectivity index (χ1v) is 5.84. The number of benzene rings is 1. The fourth-order valence-electron chi connectivity index (χ4n) is 2.32. The van der Waals surface area contributed by atoms with E-state index in [4.69, 9.17) is 4.74 Å². The summed E-state index contributed by atoms with van der Waals surface area (Å²) in [5.74, 6) is 0.298. The van der Waals surface area contributed by atoms with Crippen LogP contribution >= 0.6 is 0 Å². The molecule has 0 amide bonds. The Hall–Kier alpha value is -1.06. The van der Waals surface area contributed by atoms with Gasteiger partial charge in [-0.3, -0.25) is 0 Å². The molecule has 0 aliphatic carbocycles. The monoisotopic (exact) mass is 221 g/mol. The minimum Gasteiger partial charge on any atom is -0.508 e. The molecule has 1 heterocycles. The molecule has 2 unspecified atom stereocenters. The molecule has 2 atom stereocenters. The van der Waals surface area contributed by atoms with Gasteiger partial charge in [0.2, 0.25) is 0 Å². The maximum absolute atomic E-state index is 9.54. The second-order valence-corrected chi connectivity index (χ2v) is 4.46. The molecular weight excluding hydrogens is 202 g/mol. The van der Waals surface area contributed by atoms with Crippen molar-refractivity contribution in [2.45, 2.75) is 32.0 Å². The van der Waals surface area contributed by atoms with Crippen LogP contribution in [-0.4, -0.2) is 24.3 Å². The lowest BCUT2D eigenvalue weighted by Gasteiger charge is -2.40. The third-order valence-electron chi connectivity index (χ3n) is 3.21. The highest BCUT2D eigenvalue weighted by Crippen LogP contribution is 2.33. The predicted molar refractivity (Wildman–Crippen MR) is 63.5 cm³/mol. The molecule has 3 nitrogen and oxygen atoms in total. The summed E-state index contributed by atoms with van der Waals surface area (Å²) in [6, 6.07) is 7.36. The standard InChI is InChI=1S/C13H19NO2/c1-3-13(9-14-8-10(2)16-13)11-5-4-6-12(15)7-11/h4-7,10,14-15H,3,8-9H2,1-2H3. The average Bonchev–Trinajstić information content (AvgIpc) is 2.29. The van der Waals surface area contributed by atoms with E-state index in [9.17, 15) is 5.11 Å². The van der Waals surface area contributed by atoms with E-state index in [-0.39, 0.29) is 11.7 Å². The molecule has 0 saturated carbocycles. The summed E-state index contributed by atoms with van der Waals surface area (Å²) in [5.41, 5.74) is 0.755. The number of hydrogen-bond donors (Lipinski definition) is 2. The highest BCUT2D eigenvalue weighted by molar-refractivity contribution is 5.32. The smallest absolute Gasteiger partial charge is 0.115 e. The van der Waals surface area contributed by atoms with Crippen LogP contribution in [0, 0.1) is 0 Å². The van der Waals surface area contributed by atoms with Crippen LogP contribution in [0.15, 0.2) is 24.3 Å². The molecule has 2 N–H and O–H groups in total. The van der Waals surface area contributed by atoms with Crippen molar-refractivity contribution >= 4 is 0 Å². The highest BCUT2D eigenvalue weighted by Gasteiger charge is 2.36. The molecule has 3 heteroatoms. The first kappa shape index (κ1) is 11.4. The van der Waals surface area contributed by atoms with Crippen molar-refractivity contribution in [3.8, 4) is 5.75 Å². The van der Waals surface area contributed by atoms with Crippen LogP contribution in [-0.2, 0) is 10.3 Å². The van der Waals surface area contributed by atoms with Crippen LogP contribution in [0.3, 0.4) is 0 Å². The molecule has 0 bridgehead atoms. The zero-order chi connectivity index (χ0) is 11.6. The molecule has 1 aliphatic rings. The Morgan fingerprint density at radius 2 is 2.38 bits per heavy atom. The molecule has 0 radical (unpaired) electrons. The lowest BCUT2D eigenvalue weighted by atomic mass is 9.89. The van der Waals surface area contributed by atoms with Gasteiger partial charge in [0, 0.05) is 13.1 Å². The zero-order valence-electron chi connectivity index (χ0n) is 9.86. The fourth-order valence-corrected chi connectivity index (χ4v) is 2.32. The Labute approximate surface area is 96.4 Å². The largest absolute Gasteiger partial charge is 0.508 e. The summed E-state index contributed by atoms with van der Waals surface area (Å²) < 4.78 is 6.09. The molecule has 1 aromatic rings. The fraction of sp³-hybridized carbons (Fsp3) is 0.538. The van der Waals surface area contributed by atoms with Crippen molar-refractivity contribution in [1.82, 2.24) is 5.32 Å². The van der Waals surface area contributed by atoms with Crippen molar-refractivity contribution < 1.29 is 9.84 Å². The first-order chi connectivity index (χ1) is 7.66. The molecule has 1 aromatic carbocycles. The summed E-state index contributed by atoms with van der Waals surface area (Å²) in [7, 11) is 0. The van der Waals surface area contributed by atoms with Crippen molar-refractivity contribution in [1.29, 1.82) is 0 Å². The van der Waals surface area contributed by atoms with E-state index in [0.717, 1.165) is 25.1 Å². The third-order valence-corrected chi connectivity index (χ3v) is 3.21.